The van der Waals surface area contributed by atoms with Gasteiger partial charge < -0.3 is 20.1 Å². The standard InChI is InChI=1S/C21H32N2O3/c1-15(2)12-23-11-3-4-20(24)19(13-23)22-21(25)17-7-9-18(10-8-17)26-14-16-5-6-16/h7-10,15-16,19-20,24H,3-6,11-14H2,1-2H3,(H,22,25). The average Bonchev–Trinajstić information content (AvgIpc) is 3.43. The van der Waals surface area contributed by atoms with Gasteiger partial charge in [-0.05, 0) is 68.3 Å². The third-order valence-electron chi connectivity index (χ3n) is 5.13. The molecule has 0 spiro atoms. The number of likely N-dealkylation sites (tertiary alicyclic amines) is 1. The Kier molecular flexibility index (Phi) is 6.54. The molecule has 2 N–H and O–H groups in total. The fourth-order valence-electron chi connectivity index (χ4n) is 3.49. The van der Waals surface area contributed by atoms with Crippen molar-refractivity contribution < 1.29 is 14.6 Å². The van der Waals surface area contributed by atoms with E-state index in [4.69, 9.17) is 4.74 Å². The molecule has 1 saturated heterocycles. The van der Waals surface area contributed by atoms with E-state index in [1.54, 1.807) is 12.1 Å². The predicted octanol–water partition coefficient (Wildman–Crippen LogP) is 2.69. The summed E-state index contributed by atoms with van der Waals surface area (Å²) in [7, 11) is 0. The number of rotatable bonds is 7. The molecule has 1 heterocycles. The SMILES string of the molecule is CC(C)CN1CCCC(O)C(NC(=O)c2ccc(OCC3CC3)cc2)C1. The van der Waals surface area contributed by atoms with Crippen LogP contribution in [0.5, 0.6) is 5.75 Å². The minimum atomic E-state index is -0.489. The van der Waals surface area contributed by atoms with E-state index in [1.165, 1.54) is 12.8 Å². The van der Waals surface area contributed by atoms with Crippen molar-refractivity contribution in [3.63, 3.8) is 0 Å². The molecule has 1 aliphatic heterocycles. The number of hydrogen-bond donors (Lipinski definition) is 2. The molecule has 1 aromatic carbocycles. The summed E-state index contributed by atoms with van der Waals surface area (Å²) in [5.41, 5.74) is 0.607. The first-order chi connectivity index (χ1) is 12.5. The molecular weight excluding hydrogens is 328 g/mol. The molecule has 2 fully saturated rings. The van der Waals surface area contributed by atoms with Crippen molar-refractivity contribution in [2.24, 2.45) is 11.8 Å². The molecule has 0 aromatic heterocycles. The second-order valence-corrected chi connectivity index (χ2v) is 8.22. The smallest absolute Gasteiger partial charge is 0.251 e. The Morgan fingerprint density at radius 3 is 2.65 bits per heavy atom. The van der Waals surface area contributed by atoms with Gasteiger partial charge in [0.25, 0.3) is 5.91 Å². The Balaban J connectivity index is 1.55. The number of aliphatic hydroxyl groups excluding tert-OH is 1. The molecule has 2 aliphatic rings. The summed E-state index contributed by atoms with van der Waals surface area (Å²) in [4.78, 5) is 15.0. The summed E-state index contributed by atoms with van der Waals surface area (Å²) in [5, 5.41) is 13.4. The first kappa shape index (κ1) is 19.2. The Morgan fingerprint density at radius 1 is 1.27 bits per heavy atom. The third-order valence-corrected chi connectivity index (χ3v) is 5.13. The zero-order chi connectivity index (χ0) is 18.5. The molecular formula is C21H32N2O3. The van der Waals surface area contributed by atoms with Crippen molar-refractivity contribution in [2.75, 3.05) is 26.2 Å². The third kappa shape index (κ3) is 5.71. The molecule has 5 heteroatoms. The van der Waals surface area contributed by atoms with Gasteiger partial charge in [0.2, 0.25) is 0 Å². The number of benzene rings is 1. The minimum Gasteiger partial charge on any atom is -0.493 e. The van der Waals surface area contributed by atoms with E-state index in [0.29, 0.717) is 23.9 Å². The lowest BCUT2D eigenvalue weighted by Crippen LogP contribution is -2.49. The number of hydrogen-bond acceptors (Lipinski definition) is 4. The summed E-state index contributed by atoms with van der Waals surface area (Å²) in [6.45, 7) is 7.84. The van der Waals surface area contributed by atoms with E-state index in [9.17, 15) is 9.90 Å². The van der Waals surface area contributed by atoms with Gasteiger partial charge >= 0.3 is 0 Å². The fraction of sp³-hybridized carbons (Fsp3) is 0.667. The van der Waals surface area contributed by atoms with Crippen molar-refractivity contribution >= 4 is 5.91 Å². The zero-order valence-corrected chi connectivity index (χ0v) is 16.0. The van der Waals surface area contributed by atoms with Gasteiger partial charge in [0, 0.05) is 18.7 Å². The lowest BCUT2D eigenvalue weighted by atomic mass is 10.1. The molecule has 2 atom stereocenters. The van der Waals surface area contributed by atoms with Crippen LogP contribution in [-0.4, -0.2) is 54.3 Å². The van der Waals surface area contributed by atoms with Gasteiger partial charge in [0.05, 0.1) is 18.8 Å². The second-order valence-electron chi connectivity index (χ2n) is 8.22. The highest BCUT2D eigenvalue weighted by Crippen LogP contribution is 2.29. The van der Waals surface area contributed by atoms with Gasteiger partial charge in [-0.15, -0.1) is 0 Å². The van der Waals surface area contributed by atoms with Gasteiger partial charge in [-0.3, -0.25) is 4.79 Å². The predicted molar refractivity (Wildman–Crippen MR) is 102 cm³/mol. The number of carbonyl (C=O) groups excluding carboxylic acids is 1. The second kappa shape index (κ2) is 8.87. The Labute approximate surface area is 156 Å². The average molecular weight is 360 g/mol. The topological polar surface area (TPSA) is 61.8 Å². The van der Waals surface area contributed by atoms with Gasteiger partial charge in [-0.1, -0.05) is 13.8 Å². The van der Waals surface area contributed by atoms with Crippen LogP contribution in [0.25, 0.3) is 0 Å². The van der Waals surface area contributed by atoms with Crippen LogP contribution in [0.2, 0.25) is 0 Å². The highest BCUT2D eigenvalue weighted by molar-refractivity contribution is 5.94. The number of ether oxygens (including phenoxy) is 1. The van der Waals surface area contributed by atoms with Gasteiger partial charge in [-0.2, -0.15) is 0 Å². The number of nitrogens with zero attached hydrogens (tertiary/aromatic N) is 1. The molecule has 1 aliphatic carbocycles. The molecule has 26 heavy (non-hydrogen) atoms. The Morgan fingerprint density at radius 2 is 2.00 bits per heavy atom. The Hall–Kier alpha value is -1.59. The molecule has 144 valence electrons. The van der Waals surface area contributed by atoms with Crippen molar-refractivity contribution in [2.45, 2.75) is 51.7 Å². The molecule has 0 radical (unpaired) electrons. The lowest BCUT2D eigenvalue weighted by Gasteiger charge is -2.28. The summed E-state index contributed by atoms with van der Waals surface area (Å²) < 4.78 is 5.72. The van der Waals surface area contributed by atoms with Crippen LogP contribution < -0.4 is 10.1 Å². The van der Waals surface area contributed by atoms with E-state index in [-0.39, 0.29) is 11.9 Å². The van der Waals surface area contributed by atoms with E-state index in [1.807, 2.05) is 12.1 Å². The van der Waals surface area contributed by atoms with E-state index >= 15 is 0 Å². The molecule has 1 saturated carbocycles. The molecule has 3 rings (SSSR count). The summed E-state index contributed by atoms with van der Waals surface area (Å²) >= 11 is 0. The highest BCUT2D eigenvalue weighted by Gasteiger charge is 2.27. The summed E-state index contributed by atoms with van der Waals surface area (Å²) in [6, 6.07) is 7.08. The fourth-order valence-corrected chi connectivity index (χ4v) is 3.49. The van der Waals surface area contributed by atoms with Gasteiger partial charge in [0.15, 0.2) is 0 Å². The molecule has 5 nitrogen and oxygen atoms in total. The van der Waals surface area contributed by atoms with Crippen LogP contribution in [-0.2, 0) is 0 Å². The Bertz CT molecular complexity index is 583. The van der Waals surface area contributed by atoms with Crippen LogP contribution in [0.1, 0.15) is 49.9 Å². The van der Waals surface area contributed by atoms with Crippen molar-refractivity contribution in [1.82, 2.24) is 10.2 Å². The first-order valence-electron chi connectivity index (χ1n) is 9.95. The number of amides is 1. The largest absolute Gasteiger partial charge is 0.493 e. The first-order valence-corrected chi connectivity index (χ1v) is 9.95. The maximum absolute atomic E-state index is 12.6. The van der Waals surface area contributed by atoms with Crippen molar-refractivity contribution in [3.05, 3.63) is 29.8 Å². The maximum atomic E-state index is 12.6. The number of carbonyl (C=O) groups is 1. The van der Waals surface area contributed by atoms with Crippen LogP contribution in [0.4, 0.5) is 0 Å². The maximum Gasteiger partial charge on any atom is 0.251 e. The molecule has 0 bridgehead atoms. The molecule has 1 aromatic rings. The lowest BCUT2D eigenvalue weighted by molar-refractivity contribution is 0.0796. The van der Waals surface area contributed by atoms with E-state index in [0.717, 1.165) is 38.3 Å². The van der Waals surface area contributed by atoms with Gasteiger partial charge in [0.1, 0.15) is 5.75 Å². The van der Waals surface area contributed by atoms with Crippen LogP contribution in [0.15, 0.2) is 24.3 Å². The normalized spacial score (nSPS) is 24.3. The van der Waals surface area contributed by atoms with Gasteiger partial charge in [-0.25, -0.2) is 0 Å². The number of aliphatic hydroxyl groups is 1. The monoisotopic (exact) mass is 360 g/mol. The summed E-state index contributed by atoms with van der Waals surface area (Å²) in [5.74, 6) is 1.97. The number of nitrogens with one attached hydrogen (secondary N) is 1. The van der Waals surface area contributed by atoms with Crippen LogP contribution >= 0.6 is 0 Å². The van der Waals surface area contributed by atoms with Crippen LogP contribution in [0, 0.1) is 11.8 Å². The minimum absolute atomic E-state index is 0.130. The highest BCUT2D eigenvalue weighted by atomic mass is 16.5. The zero-order valence-electron chi connectivity index (χ0n) is 16.0. The van der Waals surface area contributed by atoms with Crippen LogP contribution in [0.3, 0.4) is 0 Å². The van der Waals surface area contributed by atoms with E-state index < -0.39 is 6.10 Å². The molecule has 1 amide bonds. The van der Waals surface area contributed by atoms with E-state index in [2.05, 4.69) is 24.1 Å². The quantitative estimate of drug-likeness (QED) is 0.785. The summed E-state index contributed by atoms with van der Waals surface area (Å²) in [6.07, 6.45) is 3.73. The van der Waals surface area contributed by atoms with Crippen molar-refractivity contribution in [1.29, 1.82) is 0 Å². The van der Waals surface area contributed by atoms with Crippen molar-refractivity contribution in [3.8, 4) is 5.75 Å². The molecule has 2 unspecified atom stereocenters.